The van der Waals surface area contributed by atoms with Gasteiger partial charge in [-0.15, -0.1) is 0 Å². The van der Waals surface area contributed by atoms with Crippen LogP contribution in [0.2, 0.25) is 0 Å². The normalized spacial score (nSPS) is 13.9. The van der Waals surface area contributed by atoms with Crippen LogP contribution in [0.15, 0.2) is 27.8 Å². The maximum Gasteiger partial charge on any atom is 0.332 e. The van der Waals surface area contributed by atoms with Gasteiger partial charge in [0.2, 0.25) is 0 Å². The molecule has 0 saturated carbocycles. The summed E-state index contributed by atoms with van der Waals surface area (Å²) in [6, 6.07) is 5.46. The number of fused-ring (bicyclic) bond motifs is 1. The van der Waals surface area contributed by atoms with Gasteiger partial charge < -0.3 is 14.9 Å². The number of benzene rings is 1. The van der Waals surface area contributed by atoms with E-state index in [0.29, 0.717) is 36.5 Å². The van der Waals surface area contributed by atoms with Crippen molar-refractivity contribution in [1.82, 2.24) is 34.0 Å². The summed E-state index contributed by atoms with van der Waals surface area (Å²) < 4.78 is 4.40. The molecule has 5 rings (SSSR count). The quantitative estimate of drug-likeness (QED) is 0.493. The van der Waals surface area contributed by atoms with Gasteiger partial charge in [-0.3, -0.25) is 18.7 Å². The summed E-state index contributed by atoms with van der Waals surface area (Å²) in [7, 11) is 3.01. The van der Waals surface area contributed by atoms with Crippen molar-refractivity contribution in [3.63, 3.8) is 0 Å². The lowest BCUT2D eigenvalue weighted by atomic mass is 10.2. The van der Waals surface area contributed by atoms with Crippen LogP contribution in [-0.4, -0.2) is 41.1 Å². The first-order valence-corrected chi connectivity index (χ1v) is 8.86. The number of carbonyl (C=O) groups is 1. The Bertz CT molecular complexity index is 1400. The van der Waals surface area contributed by atoms with Crippen molar-refractivity contribution in [2.24, 2.45) is 14.1 Å². The van der Waals surface area contributed by atoms with Crippen molar-refractivity contribution < 1.29 is 4.79 Å². The molecule has 1 aromatic carbocycles. The monoisotopic (exact) mass is 379 g/mol. The summed E-state index contributed by atoms with van der Waals surface area (Å²) >= 11 is 0. The van der Waals surface area contributed by atoms with Crippen LogP contribution < -0.4 is 16.6 Å². The zero-order chi connectivity index (χ0) is 19.6. The van der Waals surface area contributed by atoms with Crippen molar-refractivity contribution in [3.05, 3.63) is 56.2 Å². The Balaban J connectivity index is 1.68. The minimum absolute atomic E-state index is 0.113. The van der Waals surface area contributed by atoms with Crippen molar-refractivity contribution in [2.75, 3.05) is 6.54 Å². The fraction of sp³-hybridized carbons (Fsp3) is 0.278. The summed E-state index contributed by atoms with van der Waals surface area (Å²) in [5, 5.41) is 2.88. The minimum atomic E-state index is -0.428. The van der Waals surface area contributed by atoms with Crippen molar-refractivity contribution in [3.8, 4) is 0 Å². The van der Waals surface area contributed by atoms with Crippen LogP contribution in [0.1, 0.15) is 22.0 Å². The topological polar surface area (TPSA) is 120 Å². The molecule has 0 atom stereocenters. The molecular weight excluding hydrogens is 362 g/mol. The largest absolute Gasteiger partial charge is 0.350 e. The summed E-state index contributed by atoms with van der Waals surface area (Å²) in [5.74, 6) is 1.16. The van der Waals surface area contributed by atoms with E-state index in [1.807, 2.05) is 16.7 Å². The van der Waals surface area contributed by atoms with E-state index in [4.69, 9.17) is 0 Å². The number of hydrogen-bond donors (Lipinski definition) is 2. The molecule has 142 valence electrons. The molecule has 0 fully saturated rings. The van der Waals surface area contributed by atoms with Crippen LogP contribution in [0.25, 0.3) is 22.2 Å². The third kappa shape index (κ3) is 2.17. The Morgan fingerprint density at radius 2 is 1.93 bits per heavy atom. The maximum absolute atomic E-state index is 12.4. The molecule has 4 heterocycles. The van der Waals surface area contributed by atoms with Gasteiger partial charge in [-0.2, -0.15) is 0 Å². The lowest BCUT2D eigenvalue weighted by Gasteiger charge is -2.05. The third-order valence-electron chi connectivity index (χ3n) is 5.18. The molecule has 3 aromatic heterocycles. The number of aromatic amines is 1. The van der Waals surface area contributed by atoms with Gasteiger partial charge in [0.1, 0.15) is 17.2 Å². The fourth-order valence-corrected chi connectivity index (χ4v) is 3.78. The number of amides is 1. The van der Waals surface area contributed by atoms with Crippen molar-refractivity contribution in [2.45, 2.75) is 13.0 Å². The number of aryl methyl sites for hydroxylation is 1. The number of rotatable bonds is 2. The molecule has 4 aromatic rings. The molecule has 0 spiro atoms. The second-order valence-electron chi connectivity index (χ2n) is 6.87. The van der Waals surface area contributed by atoms with Crippen LogP contribution in [0.5, 0.6) is 0 Å². The molecule has 10 nitrogen and oxygen atoms in total. The number of hydrogen-bond acceptors (Lipinski definition) is 5. The molecule has 0 radical (unpaired) electrons. The van der Waals surface area contributed by atoms with E-state index in [2.05, 4.69) is 20.3 Å². The number of nitrogens with one attached hydrogen (secondary N) is 2. The highest BCUT2D eigenvalue weighted by molar-refractivity contribution is 6.05. The molecule has 0 unspecified atom stereocenters. The molecule has 1 aliphatic rings. The van der Waals surface area contributed by atoms with Gasteiger partial charge in [0.05, 0.1) is 23.0 Å². The molecular formula is C18H17N7O3. The summed E-state index contributed by atoms with van der Waals surface area (Å²) in [4.78, 5) is 48.9. The van der Waals surface area contributed by atoms with Gasteiger partial charge in [-0.05, 0) is 12.1 Å². The predicted molar refractivity (Wildman–Crippen MR) is 101 cm³/mol. The summed E-state index contributed by atoms with van der Waals surface area (Å²) in [6.45, 7) is 1.09. The number of imidazole rings is 2. The number of H-pyrrole nitrogens is 1. The van der Waals surface area contributed by atoms with Gasteiger partial charge in [0.25, 0.3) is 11.5 Å². The van der Waals surface area contributed by atoms with Crippen molar-refractivity contribution >= 4 is 28.1 Å². The van der Waals surface area contributed by atoms with Gasteiger partial charge >= 0.3 is 5.69 Å². The Labute approximate surface area is 157 Å². The van der Waals surface area contributed by atoms with E-state index in [1.165, 1.54) is 11.6 Å². The second-order valence-corrected chi connectivity index (χ2v) is 6.87. The molecule has 28 heavy (non-hydrogen) atoms. The van der Waals surface area contributed by atoms with Crippen molar-refractivity contribution in [1.29, 1.82) is 0 Å². The first-order valence-electron chi connectivity index (χ1n) is 8.86. The van der Waals surface area contributed by atoms with Gasteiger partial charge in [0, 0.05) is 27.2 Å². The molecule has 2 N–H and O–H groups in total. The maximum atomic E-state index is 12.4. The number of nitrogens with zero attached hydrogens (tertiary/aromatic N) is 5. The molecule has 10 heteroatoms. The summed E-state index contributed by atoms with van der Waals surface area (Å²) in [6.07, 6.45) is 0.342. The Morgan fingerprint density at radius 3 is 2.75 bits per heavy atom. The molecule has 0 saturated heterocycles. The van der Waals surface area contributed by atoms with Crippen LogP contribution in [0.3, 0.4) is 0 Å². The minimum Gasteiger partial charge on any atom is -0.350 e. The smallest absolute Gasteiger partial charge is 0.332 e. The van der Waals surface area contributed by atoms with E-state index in [1.54, 1.807) is 13.1 Å². The number of aromatic nitrogens is 6. The van der Waals surface area contributed by atoms with E-state index in [-0.39, 0.29) is 11.4 Å². The number of carbonyl (C=O) groups excluding carboxylic acids is 1. The number of para-hydroxylation sites is 1. The average molecular weight is 379 g/mol. The van der Waals surface area contributed by atoms with E-state index >= 15 is 0 Å². The lowest BCUT2D eigenvalue weighted by Crippen LogP contribution is -2.36. The molecule has 0 bridgehead atoms. The van der Waals surface area contributed by atoms with Crippen LogP contribution in [0, 0.1) is 0 Å². The van der Waals surface area contributed by atoms with Gasteiger partial charge in [-0.1, -0.05) is 6.07 Å². The summed E-state index contributed by atoms with van der Waals surface area (Å²) in [5.41, 5.74) is 1.88. The zero-order valence-electron chi connectivity index (χ0n) is 15.3. The lowest BCUT2D eigenvalue weighted by molar-refractivity contribution is 0.0956. The van der Waals surface area contributed by atoms with Crippen LogP contribution >= 0.6 is 0 Å². The standard InChI is InChI=1S/C18H17N7O3/c1-23-15-13(17(27)24(2)18(23)28)21-11(22-15)8-12-20-10-5-3-4-9-14(10)25(12)7-6-19-16(9)26/h3-5H,6-8H2,1-2H3,(H,19,26)(H,21,22). The van der Waals surface area contributed by atoms with Gasteiger partial charge in [-0.25, -0.2) is 14.8 Å². The third-order valence-corrected chi connectivity index (χ3v) is 5.18. The van der Waals surface area contributed by atoms with Gasteiger partial charge in [0.15, 0.2) is 5.65 Å². The van der Waals surface area contributed by atoms with Crippen LogP contribution in [0.4, 0.5) is 0 Å². The first kappa shape index (κ1) is 16.5. The fourth-order valence-electron chi connectivity index (χ4n) is 3.78. The van der Waals surface area contributed by atoms with E-state index in [0.717, 1.165) is 21.4 Å². The molecule has 1 aliphatic heterocycles. The highest BCUT2D eigenvalue weighted by Crippen LogP contribution is 2.23. The average Bonchev–Trinajstić information content (AvgIpc) is 3.21. The second kappa shape index (κ2) is 5.65. The first-order chi connectivity index (χ1) is 13.5. The predicted octanol–water partition coefficient (Wildman–Crippen LogP) is -0.356. The highest BCUT2D eigenvalue weighted by Gasteiger charge is 2.22. The SMILES string of the molecule is Cn1c(=O)c2[nH]c(Cc3nc4cccc5c4n3CCNC5=O)nc2n(C)c1=O. The van der Waals surface area contributed by atoms with Crippen LogP contribution in [-0.2, 0) is 27.1 Å². The zero-order valence-corrected chi connectivity index (χ0v) is 15.3. The van der Waals surface area contributed by atoms with E-state index in [9.17, 15) is 14.4 Å². The highest BCUT2D eigenvalue weighted by atomic mass is 16.2. The molecule has 0 aliphatic carbocycles. The Hall–Kier alpha value is -3.69. The van der Waals surface area contributed by atoms with E-state index < -0.39 is 11.2 Å². The molecule has 1 amide bonds. The Morgan fingerprint density at radius 1 is 1.11 bits per heavy atom. The Kier molecular flexibility index (Phi) is 3.33.